The molecule has 2 saturated heterocycles. The molecule has 2 saturated carbocycles. The molecule has 0 radical (unpaired) electrons. The molecule has 0 bridgehead atoms. The Hall–Kier alpha value is -0.610. The molecule has 4 nitrogen and oxygen atoms in total. The van der Waals surface area contributed by atoms with Gasteiger partial charge in [-0.25, -0.2) is 0 Å². The minimum atomic E-state index is 0.423. The van der Waals surface area contributed by atoms with Gasteiger partial charge >= 0.3 is 0 Å². The number of hydrogen-bond acceptors (Lipinski definition) is 3. The van der Waals surface area contributed by atoms with E-state index in [1.165, 1.54) is 77.5 Å². The molecule has 4 aliphatic rings. The van der Waals surface area contributed by atoms with Crippen LogP contribution in [0.3, 0.4) is 0 Å². The molecule has 0 aromatic rings. The standard InChI is InChI=1S/C20H35N3O/c24-20-9-8-19(10-13-23(20)16-17-6-7-17)22-12-3-11-21(14-15-22)18-4-1-2-5-18/h17-19H,1-16H2. The summed E-state index contributed by atoms with van der Waals surface area (Å²) >= 11 is 0. The van der Waals surface area contributed by atoms with Crippen LogP contribution in [0.2, 0.25) is 0 Å². The topological polar surface area (TPSA) is 26.8 Å². The second kappa shape index (κ2) is 7.74. The van der Waals surface area contributed by atoms with Crippen LogP contribution in [0.15, 0.2) is 0 Å². The molecule has 0 aromatic heterocycles. The van der Waals surface area contributed by atoms with Crippen molar-refractivity contribution in [1.29, 1.82) is 0 Å². The highest BCUT2D eigenvalue weighted by Crippen LogP contribution is 2.31. The maximum Gasteiger partial charge on any atom is 0.222 e. The number of nitrogens with zero attached hydrogens (tertiary/aromatic N) is 3. The van der Waals surface area contributed by atoms with Gasteiger partial charge < -0.3 is 4.90 Å². The zero-order chi connectivity index (χ0) is 16.4. The van der Waals surface area contributed by atoms with Crippen LogP contribution in [-0.4, -0.2) is 72.0 Å². The van der Waals surface area contributed by atoms with Crippen molar-refractivity contribution in [2.75, 3.05) is 39.3 Å². The van der Waals surface area contributed by atoms with E-state index in [1.54, 1.807) is 0 Å². The van der Waals surface area contributed by atoms with E-state index in [0.717, 1.165) is 37.9 Å². The lowest BCUT2D eigenvalue weighted by Gasteiger charge is -2.31. The molecule has 24 heavy (non-hydrogen) atoms. The third-order valence-electron chi connectivity index (χ3n) is 6.87. The Kier molecular flexibility index (Phi) is 5.43. The lowest BCUT2D eigenvalue weighted by Crippen LogP contribution is -2.40. The first-order valence-corrected chi connectivity index (χ1v) is 10.6. The maximum atomic E-state index is 12.4. The summed E-state index contributed by atoms with van der Waals surface area (Å²) in [7, 11) is 0. The molecule has 4 fully saturated rings. The third kappa shape index (κ3) is 4.13. The average Bonchev–Trinajstić information content (AvgIpc) is 3.34. The van der Waals surface area contributed by atoms with Gasteiger partial charge in [0.1, 0.15) is 0 Å². The van der Waals surface area contributed by atoms with Crippen molar-refractivity contribution in [1.82, 2.24) is 14.7 Å². The molecule has 136 valence electrons. The lowest BCUT2D eigenvalue weighted by atomic mass is 10.1. The SMILES string of the molecule is O=C1CCC(N2CCCN(C3CCCC3)CC2)CCN1CC1CC1. The van der Waals surface area contributed by atoms with Crippen LogP contribution in [0.5, 0.6) is 0 Å². The van der Waals surface area contributed by atoms with Crippen LogP contribution >= 0.6 is 0 Å². The monoisotopic (exact) mass is 333 g/mol. The number of carbonyl (C=O) groups is 1. The molecule has 1 atom stereocenters. The molecule has 4 heteroatoms. The number of likely N-dealkylation sites (tertiary alicyclic amines) is 1. The number of rotatable bonds is 4. The summed E-state index contributed by atoms with van der Waals surface area (Å²) in [6.07, 6.45) is 12.8. The van der Waals surface area contributed by atoms with Gasteiger partial charge in [0.25, 0.3) is 0 Å². The summed E-state index contributed by atoms with van der Waals surface area (Å²) in [6.45, 7) is 7.05. The maximum absolute atomic E-state index is 12.4. The van der Waals surface area contributed by atoms with Crippen molar-refractivity contribution in [3.63, 3.8) is 0 Å². The molecule has 0 aromatic carbocycles. The third-order valence-corrected chi connectivity index (χ3v) is 6.87. The average molecular weight is 334 g/mol. The van der Waals surface area contributed by atoms with E-state index in [-0.39, 0.29) is 0 Å². The Morgan fingerprint density at radius 3 is 2.04 bits per heavy atom. The van der Waals surface area contributed by atoms with Gasteiger partial charge in [-0.15, -0.1) is 0 Å². The van der Waals surface area contributed by atoms with Gasteiger partial charge in [-0.1, -0.05) is 12.8 Å². The molecule has 1 amide bonds. The summed E-state index contributed by atoms with van der Waals surface area (Å²) in [6, 6.07) is 1.51. The van der Waals surface area contributed by atoms with Gasteiger partial charge in [0.2, 0.25) is 5.91 Å². The van der Waals surface area contributed by atoms with E-state index in [4.69, 9.17) is 0 Å². The normalized spacial score (nSPS) is 32.1. The summed E-state index contributed by atoms with van der Waals surface area (Å²) < 4.78 is 0. The second-order valence-electron chi connectivity index (χ2n) is 8.63. The van der Waals surface area contributed by atoms with Crippen LogP contribution in [0.4, 0.5) is 0 Å². The molecule has 2 aliphatic carbocycles. The zero-order valence-electron chi connectivity index (χ0n) is 15.3. The smallest absolute Gasteiger partial charge is 0.222 e. The van der Waals surface area contributed by atoms with Crippen LogP contribution in [0.1, 0.15) is 64.2 Å². The summed E-state index contributed by atoms with van der Waals surface area (Å²) in [5.74, 6) is 1.25. The first kappa shape index (κ1) is 16.8. The predicted molar refractivity (Wildman–Crippen MR) is 97.0 cm³/mol. The van der Waals surface area contributed by atoms with E-state index in [2.05, 4.69) is 14.7 Å². The van der Waals surface area contributed by atoms with Crippen molar-refractivity contribution in [3.8, 4) is 0 Å². The zero-order valence-corrected chi connectivity index (χ0v) is 15.3. The van der Waals surface area contributed by atoms with Crippen molar-refractivity contribution in [2.24, 2.45) is 5.92 Å². The van der Waals surface area contributed by atoms with E-state index in [0.29, 0.717) is 11.9 Å². The Morgan fingerprint density at radius 2 is 1.38 bits per heavy atom. The summed E-state index contributed by atoms with van der Waals surface area (Å²) in [5.41, 5.74) is 0. The lowest BCUT2D eigenvalue weighted by molar-refractivity contribution is -0.130. The Labute approximate surface area is 147 Å². The van der Waals surface area contributed by atoms with Crippen molar-refractivity contribution >= 4 is 5.91 Å². The summed E-state index contributed by atoms with van der Waals surface area (Å²) in [5, 5.41) is 0. The number of hydrogen-bond donors (Lipinski definition) is 0. The molecule has 0 spiro atoms. The first-order chi connectivity index (χ1) is 11.8. The minimum Gasteiger partial charge on any atom is -0.342 e. The van der Waals surface area contributed by atoms with E-state index < -0.39 is 0 Å². The van der Waals surface area contributed by atoms with Gasteiger partial charge in [0.15, 0.2) is 0 Å². The fourth-order valence-corrected chi connectivity index (χ4v) is 5.15. The van der Waals surface area contributed by atoms with Gasteiger partial charge in [-0.3, -0.25) is 14.6 Å². The molecule has 2 heterocycles. The minimum absolute atomic E-state index is 0.423. The fraction of sp³-hybridized carbons (Fsp3) is 0.950. The highest BCUT2D eigenvalue weighted by Gasteiger charge is 2.32. The molecule has 1 unspecified atom stereocenters. The van der Waals surface area contributed by atoms with Crippen molar-refractivity contribution in [3.05, 3.63) is 0 Å². The van der Waals surface area contributed by atoms with Crippen LogP contribution in [0.25, 0.3) is 0 Å². The fourth-order valence-electron chi connectivity index (χ4n) is 5.15. The van der Waals surface area contributed by atoms with Crippen LogP contribution < -0.4 is 0 Å². The molecular weight excluding hydrogens is 298 g/mol. The largest absolute Gasteiger partial charge is 0.342 e. The molecule has 2 aliphatic heterocycles. The molecule has 4 rings (SSSR count). The number of carbonyl (C=O) groups excluding carboxylic acids is 1. The summed E-state index contributed by atoms with van der Waals surface area (Å²) in [4.78, 5) is 20.1. The first-order valence-electron chi connectivity index (χ1n) is 10.6. The van der Waals surface area contributed by atoms with Crippen LogP contribution in [-0.2, 0) is 4.79 Å². The van der Waals surface area contributed by atoms with Crippen molar-refractivity contribution < 1.29 is 4.79 Å². The van der Waals surface area contributed by atoms with Gasteiger partial charge in [-0.05, 0) is 64.0 Å². The number of amides is 1. The quantitative estimate of drug-likeness (QED) is 0.791. The van der Waals surface area contributed by atoms with E-state index in [1.807, 2.05) is 0 Å². The van der Waals surface area contributed by atoms with Gasteiger partial charge in [0.05, 0.1) is 0 Å². The Morgan fingerprint density at radius 1 is 0.708 bits per heavy atom. The van der Waals surface area contributed by atoms with E-state index in [9.17, 15) is 4.79 Å². The molecule has 0 N–H and O–H groups in total. The highest BCUT2D eigenvalue weighted by molar-refractivity contribution is 5.76. The predicted octanol–water partition coefficient (Wildman–Crippen LogP) is 2.73. The van der Waals surface area contributed by atoms with E-state index >= 15 is 0 Å². The Bertz CT molecular complexity index is 431. The van der Waals surface area contributed by atoms with Gasteiger partial charge in [-0.2, -0.15) is 0 Å². The van der Waals surface area contributed by atoms with Gasteiger partial charge in [0, 0.05) is 44.7 Å². The van der Waals surface area contributed by atoms with Crippen molar-refractivity contribution in [2.45, 2.75) is 76.3 Å². The highest BCUT2D eigenvalue weighted by atomic mass is 16.2. The van der Waals surface area contributed by atoms with Crippen LogP contribution in [0, 0.1) is 5.92 Å². The Balaban J connectivity index is 1.29. The second-order valence-corrected chi connectivity index (χ2v) is 8.63. The molecular formula is C20H35N3O.